The summed E-state index contributed by atoms with van der Waals surface area (Å²) >= 11 is 18.8. The number of hydrogen-bond donors (Lipinski definition) is 1. The van der Waals surface area contributed by atoms with E-state index in [-0.39, 0.29) is 0 Å². The Morgan fingerprint density at radius 3 is 2.43 bits per heavy atom. The maximum absolute atomic E-state index is 6.39. The molecule has 0 aliphatic carbocycles. The summed E-state index contributed by atoms with van der Waals surface area (Å²) in [4.78, 5) is 0. The van der Waals surface area contributed by atoms with E-state index in [1.165, 1.54) is 0 Å². The molecule has 0 atom stereocenters. The van der Waals surface area contributed by atoms with Crippen LogP contribution in [0.2, 0.25) is 15.1 Å². The van der Waals surface area contributed by atoms with Crippen molar-refractivity contribution in [3.8, 4) is 16.9 Å². The van der Waals surface area contributed by atoms with Gasteiger partial charge in [0.05, 0.1) is 16.7 Å². The molecule has 1 N–H and O–H groups in total. The first-order valence-corrected chi connectivity index (χ1v) is 7.75. The van der Waals surface area contributed by atoms with Gasteiger partial charge in [-0.05, 0) is 43.3 Å². The van der Waals surface area contributed by atoms with Gasteiger partial charge in [0, 0.05) is 23.2 Å². The van der Waals surface area contributed by atoms with Crippen LogP contribution in [-0.2, 0) is 6.54 Å². The lowest BCUT2D eigenvalue weighted by atomic mass is 9.99. The Morgan fingerprint density at radius 2 is 1.76 bits per heavy atom. The van der Waals surface area contributed by atoms with Gasteiger partial charge >= 0.3 is 0 Å². The van der Waals surface area contributed by atoms with Gasteiger partial charge in [0.25, 0.3) is 0 Å². The molecule has 0 saturated heterocycles. The molecule has 0 amide bonds. The first kappa shape index (κ1) is 16.4. The smallest absolute Gasteiger partial charge is 0.139 e. The highest BCUT2D eigenvalue weighted by Gasteiger charge is 2.13. The molecule has 21 heavy (non-hydrogen) atoms. The third kappa shape index (κ3) is 3.83. The Balaban J connectivity index is 2.56. The second-order valence-electron chi connectivity index (χ2n) is 4.53. The molecule has 0 unspecified atom stereocenters. The third-order valence-corrected chi connectivity index (χ3v) is 3.89. The number of nitrogens with one attached hydrogen (secondary N) is 1. The molecule has 0 aromatic heterocycles. The van der Waals surface area contributed by atoms with Gasteiger partial charge in [0.1, 0.15) is 5.75 Å². The van der Waals surface area contributed by atoms with E-state index < -0.39 is 0 Å². The number of halogens is 3. The van der Waals surface area contributed by atoms with E-state index in [2.05, 4.69) is 5.32 Å². The van der Waals surface area contributed by atoms with E-state index in [9.17, 15) is 0 Å². The fourth-order valence-corrected chi connectivity index (χ4v) is 2.79. The molecular weight excluding hydrogens is 329 g/mol. The molecule has 0 radical (unpaired) electrons. The van der Waals surface area contributed by atoms with E-state index in [1.54, 1.807) is 6.07 Å². The lowest BCUT2D eigenvalue weighted by molar-refractivity contribution is 0.340. The van der Waals surface area contributed by atoms with Gasteiger partial charge in [-0.25, -0.2) is 0 Å². The first-order chi connectivity index (χ1) is 10.1. The van der Waals surface area contributed by atoms with Gasteiger partial charge in [0.2, 0.25) is 0 Å². The Hall–Kier alpha value is -0.930. The zero-order valence-electron chi connectivity index (χ0n) is 11.8. The van der Waals surface area contributed by atoms with E-state index >= 15 is 0 Å². The SMILES string of the molecule is CCOc1cc(Cl)c(-c2cc(Cl)ccc2CNC)cc1Cl. The van der Waals surface area contributed by atoms with Crippen molar-refractivity contribution in [3.05, 3.63) is 51.0 Å². The summed E-state index contributed by atoms with van der Waals surface area (Å²) in [6, 6.07) is 9.30. The van der Waals surface area contributed by atoms with Gasteiger partial charge in [-0.15, -0.1) is 0 Å². The molecule has 0 spiro atoms. The zero-order valence-corrected chi connectivity index (χ0v) is 14.1. The normalized spacial score (nSPS) is 10.7. The van der Waals surface area contributed by atoms with Gasteiger partial charge in [-0.3, -0.25) is 0 Å². The van der Waals surface area contributed by atoms with Crippen LogP contribution in [0.3, 0.4) is 0 Å². The number of benzene rings is 2. The summed E-state index contributed by atoms with van der Waals surface area (Å²) in [5.41, 5.74) is 2.91. The molecule has 2 aromatic carbocycles. The van der Waals surface area contributed by atoms with Crippen LogP contribution < -0.4 is 10.1 Å². The molecule has 0 heterocycles. The molecule has 0 aliphatic rings. The summed E-state index contributed by atoms with van der Waals surface area (Å²) in [5, 5.41) is 4.91. The van der Waals surface area contributed by atoms with E-state index in [0.29, 0.717) is 34.0 Å². The summed E-state index contributed by atoms with van der Waals surface area (Å²) in [7, 11) is 1.89. The van der Waals surface area contributed by atoms with E-state index in [1.807, 2.05) is 38.2 Å². The minimum atomic E-state index is 0.534. The molecular formula is C16H16Cl3NO. The Bertz CT molecular complexity index is 644. The summed E-state index contributed by atoms with van der Waals surface area (Å²) < 4.78 is 5.46. The number of rotatable bonds is 5. The van der Waals surface area contributed by atoms with Crippen molar-refractivity contribution in [3.63, 3.8) is 0 Å². The summed E-state index contributed by atoms with van der Waals surface area (Å²) in [6.45, 7) is 3.16. The van der Waals surface area contributed by atoms with Crippen molar-refractivity contribution in [2.45, 2.75) is 13.5 Å². The molecule has 0 bridgehead atoms. The maximum atomic E-state index is 6.39. The minimum Gasteiger partial charge on any atom is -0.492 e. The largest absolute Gasteiger partial charge is 0.492 e. The molecule has 0 fully saturated rings. The lowest BCUT2D eigenvalue weighted by Gasteiger charge is -2.14. The highest BCUT2D eigenvalue weighted by molar-refractivity contribution is 6.36. The first-order valence-electron chi connectivity index (χ1n) is 6.62. The highest BCUT2D eigenvalue weighted by atomic mass is 35.5. The maximum Gasteiger partial charge on any atom is 0.139 e. The summed E-state index contributed by atoms with van der Waals surface area (Å²) in [6.07, 6.45) is 0. The highest BCUT2D eigenvalue weighted by Crippen LogP contribution is 2.39. The predicted molar refractivity (Wildman–Crippen MR) is 90.8 cm³/mol. The zero-order chi connectivity index (χ0) is 15.4. The molecule has 112 valence electrons. The van der Waals surface area contributed by atoms with Crippen LogP contribution in [0.15, 0.2) is 30.3 Å². The third-order valence-electron chi connectivity index (χ3n) is 3.05. The van der Waals surface area contributed by atoms with Crippen LogP contribution in [0.5, 0.6) is 5.75 Å². The predicted octanol–water partition coefficient (Wildman–Crippen LogP) is 5.43. The van der Waals surface area contributed by atoms with Gasteiger partial charge in [-0.1, -0.05) is 40.9 Å². The van der Waals surface area contributed by atoms with E-state index in [0.717, 1.165) is 16.7 Å². The van der Waals surface area contributed by atoms with E-state index in [4.69, 9.17) is 39.5 Å². The van der Waals surface area contributed by atoms with Crippen molar-refractivity contribution in [2.24, 2.45) is 0 Å². The van der Waals surface area contributed by atoms with Crippen molar-refractivity contribution >= 4 is 34.8 Å². The Labute approximate surface area is 140 Å². The minimum absolute atomic E-state index is 0.534. The average Bonchev–Trinajstić information content (AvgIpc) is 2.45. The van der Waals surface area contributed by atoms with Gasteiger partial charge in [0.15, 0.2) is 0 Å². The summed E-state index contributed by atoms with van der Waals surface area (Å²) in [5.74, 6) is 0.588. The monoisotopic (exact) mass is 343 g/mol. The van der Waals surface area contributed by atoms with Crippen LogP contribution in [0.25, 0.3) is 11.1 Å². The molecule has 0 aliphatic heterocycles. The molecule has 5 heteroatoms. The standard InChI is InChI=1S/C16H16Cl3NO/c1-3-21-16-8-14(18)13(7-15(16)19)12-6-11(17)5-4-10(12)9-20-2/h4-8,20H,3,9H2,1-2H3. The second-order valence-corrected chi connectivity index (χ2v) is 5.78. The van der Waals surface area contributed by atoms with Crippen LogP contribution in [0.1, 0.15) is 12.5 Å². The fourth-order valence-electron chi connectivity index (χ4n) is 2.15. The average molecular weight is 345 g/mol. The molecule has 2 rings (SSSR count). The van der Waals surface area contributed by atoms with Crippen LogP contribution in [0.4, 0.5) is 0 Å². The molecule has 2 aromatic rings. The van der Waals surface area contributed by atoms with Crippen molar-refractivity contribution < 1.29 is 4.74 Å². The lowest BCUT2D eigenvalue weighted by Crippen LogP contribution is -2.06. The Kier molecular flexibility index (Phi) is 5.77. The quantitative estimate of drug-likeness (QED) is 0.780. The van der Waals surface area contributed by atoms with Crippen molar-refractivity contribution in [2.75, 3.05) is 13.7 Å². The Morgan fingerprint density at radius 1 is 1.00 bits per heavy atom. The molecule has 2 nitrogen and oxygen atoms in total. The molecule has 0 saturated carbocycles. The van der Waals surface area contributed by atoms with Crippen LogP contribution in [-0.4, -0.2) is 13.7 Å². The fraction of sp³-hybridized carbons (Fsp3) is 0.250. The van der Waals surface area contributed by atoms with Crippen molar-refractivity contribution in [1.82, 2.24) is 5.32 Å². The van der Waals surface area contributed by atoms with Gasteiger partial charge in [-0.2, -0.15) is 0 Å². The topological polar surface area (TPSA) is 21.3 Å². The van der Waals surface area contributed by atoms with Crippen molar-refractivity contribution in [1.29, 1.82) is 0 Å². The van der Waals surface area contributed by atoms with Crippen LogP contribution in [0, 0.1) is 0 Å². The second kappa shape index (κ2) is 7.37. The van der Waals surface area contributed by atoms with Gasteiger partial charge < -0.3 is 10.1 Å². The van der Waals surface area contributed by atoms with Crippen LogP contribution >= 0.6 is 34.8 Å². The number of hydrogen-bond acceptors (Lipinski definition) is 2. The number of ether oxygens (including phenoxy) is 1.